The highest BCUT2D eigenvalue weighted by Crippen LogP contribution is 2.32. The number of pyridine rings is 1. The number of benzene rings is 2. The highest BCUT2D eigenvalue weighted by molar-refractivity contribution is 6.32. The van der Waals surface area contributed by atoms with E-state index in [1.165, 1.54) is 7.11 Å². The molecule has 0 fully saturated rings. The molecule has 0 bridgehead atoms. The van der Waals surface area contributed by atoms with Crippen molar-refractivity contribution in [2.75, 3.05) is 19.5 Å². The van der Waals surface area contributed by atoms with E-state index in [4.69, 9.17) is 21.1 Å². The third-order valence-electron chi connectivity index (χ3n) is 3.79. The molecule has 5 nitrogen and oxygen atoms in total. The topological polar surface area (TPSA) is 60.5 Å². The number of aryl methyl sites for hydroxylation is 1. The lowest BCUT2D eigenvalue weighted by atomic mass is 10.1. The fraction of sp³-hybridized carbons (Fsp3) is 0.158. The minimum absolute atomic E-state index is 0.237. The van der Waals surface area contributed by atoms with Gasteiger partial charge in [0.05, 0.1) is 30.4 Å². The molecule has 128 valence electrons. The SMILES string of the molecule is COC(=O)c1cc(Nc2ccc(OC)c(Cl)c2)c2cc(C)ccc2n1. The fourth-order valence-electron chi connectivity index (χ4n) is 2.55. The molecule has 0 unspecified atom stereocenters. The number of nitrogens with one attached hydrogen (secondary N) is 1. The number of methoxy groups -OCH3 is 2. The van der Waals surface area contributed by atoms with Crippen LogP contribution < -0.4 is 10.1 Å². The first-order valence-electron chi connectivity index (χ1n) is 7.62. The van der Waals surface area contributed by atoms with E-state index < -0.39 is 5.97 Å². The summed E-state index contributed by atoms with van der Waals surface area (Å²) in [6.07, 6.45) is 0. The molecule has 6 heteroatoms. The Labute approximate surface area is 150 Å². The van der Waals surface area contributed by atoms with Crippen LogP contribution in [0.2, 0.25) is 5.02 Å². The molecule has 0 radical (unpaired) electrons. The Kier molecular flexibility index (Phi) is 4.76. The molecule has 3 rings (SSSR count). The summed E-state index contributed by atoms with van der Waals surface area (Å²) in [6.45, 7) is 2.00. The van der Waals surface area contributed by atoms with Crippen LogP contribution in [0, 0.1) is 6.92 Å². The Morgan fingerprint density at radius 2 is 1.92 bits per heavy atom. The van der Waals surface area contributed by atoms with Gasteiger partial charge in [-0.15, -0.1) is 0 Å². The van der Waals surface area contributed by atoms with Gasteiger partial charge in [-0.2, -0.15) is 0 Å². The van der Waals surface area contributed by atoms with E-state index in [-0.39, 0.29) is 5.69 Å². The van der Waals surface area contributed by atoms with Crippen molar-refractivity contribution >= 4 is 39.8 Å². The molecule has 0 aliphatic heterocycles. The summed E-state index contributed by atoms with van der Waals surface area (Å²) in [4.78, 5) is 16.3. The lowest BCUT2D eigenvalue weighted by molar-refractivity contribution is 0.0594. The summed E-state index contributed by atoms with van der Waals surface area (Å²) in [5.41, 5.74) is 3.55. The predicted molar refractivity (Wildman–Crippen MR) is 99.1 cm³/mol. The Morgan fingerprint density at radius 1 is 1.12 bits per heavy atom. The van der Waals surface area contributed by atoms with Crippen LogP contribution >= 0.6 is 11.6 Å². The molecule has 1 heterocycles. The maximum absolute atomic E-state index is 11.9. The van der Waals surface area contributed by atoms with Gasteiger partial charge in [-0.3, -0.25) is 0 Å². The Bertz CT molecular complexity index is 957. The molecule has 0 aliphatic rings. The van der Waals surface area contributed by atoms with Crippen LogP contribution in [0.3, 0.4) is 0 Å². The van der Waals surface area contributed by atoms with Gasteiger partial charge in [0.15, 0.2) is 5.69 Å². The third-order valence-corrected chi connectivity index (χ3v) is 4.08. The lowest BCUT2D eigenvalue weighted by Gasteiger charge is -2.13. The first kappa shape index (κ1) is 17.0. The number of ether oxygens (including phenoxy) is 2. The first-order valence-corrected chi connectivity index (χ1v) is 8.00. The van der Waals surface area contributed by atoms with Crippen molar-refractivity contribution < 1.29 is 14.3 Å². The average Bonchev–Trinajstić information content (AvgIpc) is 2.61. The number of hydrogen-bond acceptors (Lipinski definition) is 5. The lowest BCUT2D eigenvalue weighted by Crippen LogP contribution is -2.06. The molecule has 0 amide bonds. The molecule has 2 aromatic carbocycles. The van der Waals surface area contributed by atoms with E-state index >= 15 is 0 Å². The standard InChI is InChI=1S/C19H17ClN2O3/c1-11-4-6-15-13(8-11)16(10-17(22-15)19(23)25-3)21-12-5-7-18(24-2)14(20)9-12/h4-10H,1-3H3,(H,21,22). The molecule has 1 aromatic heterocycles. The van der Waals surface area contributed by atoms with E-state index in [2.05, 4.69) is 10.3 Å². The number of anilines is 2. The Morgan fingerprint density at radius 3 is 2.60 bits per heavy atom. The average molecular weight is 357 g/mol. The van der Waals surface area contributed by atoms with E-state index in [0.717, 1.165) is 22.3 Å². The summed E-state index contributed by atoms with van der Waals surface area (Å²) in [6, 6.07) is 12.9. The summed E-state index contributed by atoms with van der Waals surface area (Å²) in [5.74, 6) is 0.108. The van der Waals surface area contributed by atoms with Crippen LogP contribution in [0.25, 0.3) is 10.9 Å². The summed E-state index contributed by atoms with van der Waals surface area (Å²) >= 11 is 6.19. The van der Waals surface area contributed by atoms with Gasteiger partial charge in [-0.05, 0) is 43.3 Å². The van der Waals surface area contributed by atoms with Crippen LogP contribution in [0.5, 0.6) is 5.75 Å². The van der Waals surface area contributed by atoms with Crippen LogP contribution in [-0.4, -0.2) is 25.2 Å². The molecular weight excluding hydrogens is 340 g/mol. The quantitative estimate of drug-likeness (QED) is 0.684. The number of rotatable bonds is 4. The smallest absolute Gasteiger partial charge is 0.356 e. The van der Waals surface area contributed by atoms with Crippen molar-refractivity contribution in [1.82, 2.24) is 4.98 Å². The Hall–Kier alpha value is -2.79. The molecule has 0 saturated heterocycles. The maximum atomic E-state index is 11.9. The summed E-state index contributed by atoms with van der Waals surface area (Å²) in [7, 11) is 2.90. The van der Waals surface area contributed by atoms with Crippen molar-refractivity contribution in [2.45, 2.75) is 6.92 Å². The van der Waals surface area contributed by atoms with Gasteiger partial charge >= 0.3 is 5.97 Å². The summed E-state index contributed by atoms with van der Waals surface area (Å²) in [5, 5.41) is 4.70. The second kappa shape index (κ2) is 6.99. The maximum Gasteiger partial charge on any atom is 0.356 e. The van der Waals surface area contributed by atoms with Crippen molar-refractivity contribution in [3.63, 3.8) is 0 Å². The predicted octanol–water partition coefficient (Wildman–Crippen LogP) is 4.74. The zero-order chi connectivity index (χ0) is 18.0. The number of carbonyl (C=O) groups excluding carboxylic acids is 1. The van der Waals surface area contributed by atoms with Crippen molar-refractivity contribution in [3.05, 3.63) is 58.7 Å². The number of carbonyl (C=O) groups is 1. The van der Waals surface area contributed by atoms with Crippen molar-refractivity contribution in [2.24, 2.45) is 0 Å². The number of esters is 1. The second-order valence-corrected chi connectivity index (χ2v) is 5.95. The molecular formula is C19H17ClN2O3. The molecule has 0 atom stereocenters. The van der Waals surface area contributed by atoms with Crippen LogP contribution in [0.4, 0.5) is 11.4 Å². The van der Waals surface area contributed by atoms with Gasteiger partial charge < -0.3 is 14.8 Å². The monoisotopic (exact) mass is 356 g/mol. The molecule has 0 spiro atoms. The van der Waals surface area contributed by atoms with Crippen LogP contribution in [0.1, 0.15) is 16.1 Å². The van der Waals surface area contributed by atoms with Gasteiger partial charge in [0.2, 0.25) is 0 Å². The third kappa shape index (κ3) is 3.51. The Balaban J connectivity index is 2.11. The van der Waals surface area contributed by atoms with E-state index in [1.807, 2.05) is 31.2 Å². The van der Waals surface area contributed by atoms with Gasteiger partial charge in [0, 0.05) is 11.1 Å². The highest BCUT2D eigenvalue weighted by Gasteiger charge is 2.13. The molecule has 0 aliphatic carbocycles. The molecule has 3 aromatic rings. The normalized spacial score (nSPS) is 10.6. The fourth-order valence-corrected chi connectivity index (χ4v) is 2.81. The number of aromatic nitrogens is 1. The first-order chi connectivity index (χ1) is 12.0. The van der Waals surface area contributed by atoms with Crippen LogP contribution in [0.15, 0.2) is 42.5 Å². The van der Waals surface area contributed by atoms with Crippen LogP contribution in [-0.2, 0) is 4.74 Å². The van der Waals surface area contributed by atoms with E-state index in [1.54, 1.807) is 25.3 Å². The van der Waals surface area contributed by atoms with Gasteiger partial charge in [-0.1, -0.05) is 23.2 Å². The molecule has 25 heavy (non-hydrogen) atoms. The largest absolute Gasteiger partial charge is 0.495 e. The zero-order valence-corrected chi connectivity index (χ0v) is 14.8. The van der Waals surface area contributed by atoms with Gasteiger partial charge in [-0.25, -0.2) is 9.78 Å². The van der Waals surface area contributed by atoms with Gasteiger partial charge in [0.25, 0.3) is 0 Å². The van der Waals surface area contributed by atoms with Crippen molar-refractivity contribution in [3.8, 4) is 5.75 Å². The molecule has 0 saturated carbocycles. The minimum Gasteiger partial charge on any atom is -0.495 e. The van der Waals surface area contributed by atoms with E-state index in [9.17, 15) is 4.79 Å². The number of halogens is 1. The highest BCUT2D eigenvalue weighted by atomic mass is 35.5. The minimum atomic E-state index is -0.488. The number of hydrogen-bond donors (Lipinski definition) is 1. The van der Waals surface area contributed by atoms with Gasteiger partial charge in [0.1, 0.15) is 5.75 Å². The van der Waals surface area contributed by atoms with Crippen molar-refractivity contribution in [1.29, 1.82) is 0 Å². The van der Waals surface area contributed by atoms with E-state index in [0.29, 0.717) is 16.3 Å². The molecule has 1 N–H and O–H groups in total. The second-order valence-electron chi connectivity index (χ2n) is 5.54. The summed E-state index contributed by atoms with van der Waals surface area (Å²) < 4.78 is 9.97. The number of nitrogens with zero attached hydrogens (tertiary/aromatic N) is 1. The zero-order valence-electron chi connectivity index (χ0n) is 14.1. The number of fused-ring (bicyclic) bond motifs is 1.